The number of rotatable bonds is 30. The zero-order valence-electron chi connectivity index (χ0n) is 41.2. The zero-order valence-corrected chi connectivity index (χ0v) is 41.2. The van der Waals surface area contributed by atoms with E-state index in [1.54, 1.807) is 42.5 Å². The number of carbonyl (C=O) groups is 9. The Morgan fingerprint density at radius 3 is 1.78 bits per heavy atom. The van der Waals surface area contributed by atoms with Crippen molar-refractivity contribution < 1.29 is 48.3 Å². The van der Waals surface area contributed by atoms with Crippen LogP contribution in [0, 0.1) is 5.92 Å². The number of phenols is 1. The van der Waals surface area contributed by atoms with E-state index in [9.17, 15) is 48.3 Å². The van der Waals surface area contributed by atoms with Crippen molar-refractivity contribution in [1.82, 2.24) is 36.8 Å². The summed E-state index contributed by atoms with van der Waals surface area (Å²) in [6, 6.07) is 6.08. The van der Waals surface area contributed by atoms with E-state index in [1.807, 2.05) is 13.8 Å². The predicted molar refractivity (Wildman–Crippen MR) is 270 cm³/mol. The van der Waals surface area contributed by atoms with Gasteiger partial charge in [-0.1, -0.05) is 56.3 Å². The summed E-state index contributed by atoms with van der Waals surface area (Å²) in [6.07, 6.45) is 0.387. The molecule has 0 spiro atoms. The van der Waals surface area contributed by atoms with Crippen molar-refractivity contribution in [3.8, 4) is 5.75 Å². The van der Waals surface area contributed by atoms with Gasteiger partial charge < -0.3 is 82.0 Å². The van der Waals surface area contributed by atoms with Crippen LogP contribution in [-0.2, 0) is 56.0 Å². The van der Waals surface area contributed by atoms with Crippen LogP contribution in [0.1, 0.15) is 76.3 Å². The number of nitrogens with zero attached hydrogens (tertiary/aromatic N) is 3. The van der Waals surface area contributed by atoms with Crippen molar-refractivity contribution in [1.29, 1.82) is 0 Å². The van der Waals surface area contributed by atoms with E-state index in [4.69, 9.17) is 40.1 Å². The summed E-state index contributed by atoms with van der Waals surface area (Å²) < 4.78 is 0. The standard InChI is InChI=1S/C47H72N16O10/c1-26(2)21-34(58-38(66)25-57-40(68)30(48)22-28-14-16-29(64)17-15-28)42(70)62-35(23-27-9-4-3-5-10-27)43(71)60-32(12-7-19-56-47(53)54)45(73)63-20-8-13-36(63)44(72)59-31(11-6-18-55-46(51)52)41(69)61-33(39(50)67)24-37(49)65/h3-5,9-10,14-17,26,30-36,64H,6-8,11-13,18-25,48H2,1-2H3,(H2,49,65)(H2,50,67)(H,57,68)(H,58,66)(H,59,72)(H,60,71)(H,61,69)(H,62,70)(H4,51,52,55)(H4,53,54,56)/t30-,31-,32-,33-,34-,35-,36-/m0/s1. The van der Waals surface area contributed by atoms with Crippen LogP contribution < -0.4 is 72.0 Å². The topological polar surface area (TPSA) is 456 Å². The summed E-state index contributed by atoms with van der Waals surface area (Å²) in [5.41, 5.74) is 40.0. The number of nitrogens with two attached hydrogens (primary N) is 7. The summed E-state index contributed by atoms with van der Waals surface area (Å²) in [5, 5.41) is 25.2. The Balaban J connectivity index is 1.86. The molecule has 1 aliphatic rings. The first-order chi connectivity index (χ1) is 34.5. The van der Waals surface area contributed by atoms with Gasteiger partial charge in [0.05, 0.1) is 19.0 Å². The summed E-state index contributed by atoms with van der Waals surface area (Å²) in [7, 11) is 0. The second kappa shape index (κ2) is 30.0. The molecule has 7 atom stereocenters. The highest BCUT2D eigenvalue weighted by molar-refractivity contribution is 5.98. The number of benzene rings is 2. The number of hydrogen-bond acceptors (Lipinski definition) is 13. The highest BCUT2D eigenvalue weighted by atomic mass is 16.3. The number of aliphatic imine (C=N–C) groups is 2. The summed E-state index contributed by atoms with van der Waals surface area (Å²) >= 11 is 0. The second-order valence-corrected chi connectivity index (χ2v) is 18.0. The van der Waals surface area contributed by atoms with Gasteiger partial charge in [-0.3, -0.25) is 53.1 Å². The van der Waals surface area contributed by atoms with E-state index >= 15 is 0 Å². The molecule has 2 aromatic rings. The first-order valence-electron chi connectivity index (χ1n) is 23.9. The lowest BCUT2D eigenvalue weighted by Crippen LogP contribution is -2.60. The molecular weight excluding hydrogens is 949 g/mol. The molecule has 0 bridgehead atoms. The molecule has 2 aromatic carbocycles. The molecule has 400 valence electrons. The van der Waals surface area contributed by atoms with Gasteiger partial charge in [-0.25, -0.2) is 0 Å². The highest BCUT2D eigenvalue weighted by Crippen LogP contribution is 2.21. The van der Waals surface area contributed by atoms with Crippen molar-refractivity contribution in [2.45, 2.75) is 120 Å². The molecule has 0 radical (unpaired) electrons. The van der Waals surface area contributed by atoms with Gasteiger partial charge >= 0.3 is 0 Å². The van der Waals surface area contributed by atoms with E-state index in [0.29, 0.717) is 17.5 Å². The third-order valence-electron chi connectivity index (χ3n) is 11.5. The molecule has 21 N–H and O–H groups in total. The monoisotopic (exact) mass is 1020 g/mol. The van der Waals surface area contributed by atoms with Gasteiger partial charge in [0.1, 0.15) is 42.0 Å². The maximum absolute atomic E-state index is 14.6. The van der Waals surface area contributed by atoms with Crippen LogP contribution in [0.3, 0.4) is 0 Å². The molecular formula is C47H72N16O10. The number of primary amides is 2. The first kappa shape index (κ1) is 59.3. The minimum atomic E-state index is -1.49. The van der Waals surface area contributed by atoms with Crippen LogP contribution in [0.2, 0.25) is 0 Å². The van der Waals surface area contributed by atoms with Crippen LogP contribution >= 0.6 is 0 Å². The quantitative estimate of drug-likeness (QED) is 0.0199. The van der Waals surface area contributed by atoms with E-state index in [0.717, 1.165) is 0 Å². The number of nitrogens with one attached hydrogen (secondary N) is 6. The molecule has 73 heavy (non-hydrogen) atoms. The van der Waals surface area contributed by atoms with Gasteiger partial charge in [-0.05, 0) is 80.5 Å². The van der Waals surface area contributed by atoms with Crippen molar-refractivity contribution in [2.75, 3.05) is 26.2 Å². The molecule has 1 aliphatic heterocycles. The third kappa shape index (κ3) is 21.5. The Hall–Kier alpha value is -8.03. The molecule has 0 aliphatic carbocycles. The normalized spacial score (nSPS) is 15.5. The van der Waals surface area contributed by atoms with Crippen LogP contribution in [0.15, 0.2) is 64.6 Å². The fraction of sp³-hybridized carbons (Fsp3) is 0.511. The number of amides is 9. The second-order valence-electron chi connectivity index (χ2n) is 18.0. The maximum Gasteiger partial charge on any atom is 0.245 e. The predicted octanol–water partition coefficient (Wildman–Crippen LogP) is -4.45. The minimum Gasteiger partial charge on any atom is -0.508 e. The van der Waals surface area contributed by atoms with Crippen LogP contribution in [0.4, 0.5) is 0 Å². The molecule has 9 amide bonds. The SMILES string of the molecule is CC(C)C[C@H](NC(=O)CNC(=O)[C@@H](N)Cc1ccc(O)cc1)C(=O)N[C@@H](Cc1ccccc1)C(=O)N[C@@H](CCCN=C(N)N)C(=O)N1CCC[C@H]1C(=O)N[C@@H](CCCN=C(N)N)C(=O)N[C@@H](CC(N)=O)C(N)=O. The Bertz CT molecular complexity index is 2270. The molecule has 1 saturated heterocycles. The average molecular weight is 1020 g/mol. The lowest BCUT2D eigenvalue weighted by atomic mass is 10.0. The number of likely N-dealkylation sites (tertiary alicyclic amines) is 1. The third-order valence-corrected chi connectivity index (χ3v) is 11.5. The van der Waals surface area contributed by atoms with Gasteiger partial charge in [0, 0.05) is 26.1 Å². The molecule has 1 fully saturated rings. The molecule has 26 nitrogen and oxygen atoms in total. The van der Waals surface area contributed by atoms with E-state index in [1.165, 1.54) is 17.0 Å². The number of aromatic hydroxyl groups is 1. The molecule has 26 heteroatoms. The van der Waals surface area contributed by atoms with Crippen LogP contribution in [0.25, 0.3) is 0 Å². The van der Waals surface area contributed by atoms with Crippen LogP contribution in [-0.4, -0.2) is 144 Å². The lowest BCUT2D eigenvalue weighted by Gasteiger charge is -2.31. The Morgan fingerprint density at radius 2 is 1.21 bits per heavy atom. The molecule has 3 rings (SSSR count). The number of carbonyl (C=O) groups excluding carboxylic acids is 9. The van der Waals surface area contributed by atoms with E-state index < -0.39 is 108 Å². The van der Waals surface area contributed by atoms with Crippen LogP contribution in [0.5, 0.6) is 5.75 Å². The first-order valence-corrected chi connectivity index (χ1v) is 23.9. The maximum atomic E-state index is 14.6. The fourth-order valence-corrected chi connectivity index (χ4v) is 7.83. The van der Waals surface area contributed by atoms with Crippen molar-refractivity contribution >= 4 is 65.1 Å². The summed E-state index contributed by atoms with van der Waals surface area (Å²) in [5.74, 6) is -7.59. The molecule has 1 heterocycles. The molecule has 0 aromatic heterocycles. The van der Waals surface area contributed by atoms with E-state index in [-0.39, 0.29) is 94.6 Å². The van der Waals surface area contributed by atoms with Gasteiger partial charge in [-0.2, -0.15) is 0 Å². The molecule has 0 unspecified atom stereocenters. The van der Waals surface area contributed by atoms with Gasteiger partial charge in [0.15, 0.2) is 11.9 Å². The van der Waals surface area contributed by atoms with Crippen molar-refractivity contribution in [3.05, 3.63) is 65.7 Å². The molecule has 0 saturated carbocycles. The Kier molecular flexibility index (Phi) is 24.4. The van der Waals surface area contributed by atoms with Gasteiger partial charge in [0.2, 0.25) is 53.2 Å². The fourth-order valence-electron chi connectivity index (χ4n) is 7.83. The van der Waals surface area contributed by atoms with Crippen molar-refractivity contribution in [3.63, 3.8) is 0 Å². The Labute approximate surface area is 423 Å². The van der Waals surface area contributed by atoms with Crippen molar-refractivity contribution in [2.24, 2.45) is 56.0 Å². The zero-order chi connectivity index (χ0) is 54.2. The average Bonchev–Trinajstić information content (AvgIpc) is 3.83. The number of guanidine groups is 2. The number of phenolic OH excluding ortho intramolecular Hbond substituents is 1. The largest absolute Gasteiger partial charge is 0.508 e. The smallest absolute Gasteiger partial charge is 0.245 e. The minimum absolute atomic E-state index is 0.0290. The summed E-state index contributed by atoms with van der Waals surface area (Å²) in [6.45, 7) is 3.34. The Morgan fingerprint density at radius 1 is 0.658 bits per heavy atom. The number of hydrogen-bond donors (Lipinski definition) is 14. The lowest BCUT2D eigenvalue weighted by molar-refractivity contribution is -0.142. The summed E-state index contributed by atoms with van der Waals surface area (Å²) in [4.78, 5) is 130. The van der Waals surface area contributed by atoms with Gasteiger partial charge in [0.25, 0.3) is 0 Å². The highest BCUT2D eigenvalue weighted by Gasteiger charge is 2.40. The van der Waals surface area contributed by atoms with Gasteiger partial charge in [-0.15, -0.1) is 0 Å². The van der Waals surface area contributed by atoms with E-state index in [2.05, 4.69) is 41.9 Å².